The van der Waals surface area contributed by atoms with E-state index in [2.05, 4.69) is 9.88 Å². The normalized spacial score (nSPS) is 15.9. The molecule has 14 heavy (non-hydrogen) atoms. The molecule has 0 unspecified atom stereocenters. The first-order chi connectivity index (χ1) is 6.77. The van der Waals surface area contributed by atoms with Crippen molar-refractivity contribution in [1.82, 2.24) is 0 Å². The first-order valence-corrected chi connectivity index (χ1v) is 4.68. The number of hydrogen-bond acceptors (Lipinski definition) is 3. The Kier molecular flexibility index (Phi) is 2.30. The van der Waals surface area contributed by atoms with Crippen molar-refractivity contribution < 1.29 is 9.91 Å². The summed E-state index contributed by atoms with van der Waals surface area (Å²) >= 11 is 0. The minimum absolute atomic E-state index is 0.105. The fourth-order valence-electron chi connectivity index (χ4n) is 1.68. The molecule has 5 heteroatoms. The van der Waals surface area contributed by atoms with E-state index in [9.17, 15) is 10.1 Å². The Morgan fingerprint density at radius 1 is 1.36 bits per heavy atom. The Morgan fingerprint density at radius 2 is 2.07 bits per heavy atom. The van der Waals surface area contributed by atoms with E-state index >= 15 is 0 Å². The van der Waals surface area contributed by atoms with Crippen molar-refractivity contribution in [2.75, 3.05) is 18.0 Å². The van der Waals surface area contributed by atoms with E-state index in [0.717, 1.165) is 18.9 Å². The van der Waals surface area contributed by atoms with Gasteiger partial charge in [0, 0.05) is 12.1 Å². The summed E-state index contributed by atoms with van der Waals surface area (Å²) in [6.45, 7) is 2.07. The number of hydrogen-bond donors (Lipinski definition) is 0. The van der Waals surface area contributed by atoms with Crippen LogP contribution in [0, 0.1) is 10.1 Å². The number of nitro groups is 1. The summed E-state index contributed by atoms with van der Waals surface area (Å²) in [7, 11) is 0. The van der Waals surface area contributed by atoms with E-state index in [1.54, 1.807) is 6.07 Å². The number of anilines is 1. The zero-order valence-electron chi connectivity index (χ0n) is 7.77. The third-order valence-corrected chi connectivity index (χ3v) is 2.44. The van der Waals surface area contributed by atoms with Gasteiger partial charge in [0.05, 0.1) is 18.0 Å². The van der Waals surface area contributed by atoms with E-state index in [1.807, 2.05) is 0 Å². The highest BCUT2D eigenvalue weighted by atomic mass is 16.6. The SMILES string of the molecule is O=[N+]([O-])c1ccc(N2CCCC2)[nH+]c1. The molecule has 0 amide bonds. The molecule has 2 rings (SSSR count). The van der Waals surface area contributed by atoms with Gasteiger partial charge in [-0.1, -0.05) is 0 Å². The molecule has 1 saturated heterocycles. The molecule has 1 aliphatic rings. The van der Waals surface area contributed by atoms with Gasteiger partial charge < -0.3 is 0 Å². The molecule has 5 nitrogen and oxygen atoms in total. The van der Waals surface area contributed by atoms with E-state index in [-0.39, 0.29) is 5.69 Å². The molecule has 2 heterocycles. The van der Waals surface area contributed by atoms with E-state index in [1.165, 1.54) is 25.1 Å². The predicted octanol–water partition coefficient (Wildman–Crippen LogP) is 1.01. The number of aromatic amines is 1. The summed E-state index contributed by atoms with van der Waals surface area (Å²) in [5.74, 6) is 0.966. The van der Waals surface area contributed by atoms with Crippen LogP contribution >= 0.6 is 0 Å². The van der Waals surface area contributed by atoms with Gasteiger partial charge in [0.25, 0.3) is 5.82 Å². The molecule has 0 saturated carbocycles. The lowest BCUT2D eigenvalue weighted by molar-refractivity contribution is -0.414. The summed E-state index contributed by atoms with van der Waals surface area (Å²) in [6, 6.07) is 3.30. The Morgan fingerprint density at radius 3 is 2.57 bits per heavy atom. The van der Waals surface area contributed by atoms with Crippen molar-refractivity contribution in [3.8, 4) is 0 Å². The molecule has 1 N–H and O–H groups in total. The van der Waals surface area contributed by atoms with E-state index in [4.69, 9.17) is 0 Å². The lowest BCUT2D eigenvalue weighted by Gasteiger charge is -2.06. The average molecular weight is 194 g/mol. The van der Waals surface area contributed by atoms with Crippen LogP contribution in [0.3, 0.4) is 0 Å². The topological polar surface area (TPSA) is 60.5 Å². The highest BCUT2D eigenvalue weighted by Gasteiger charge is 2.21. The molecule has 0 radical (unpaired) electrons. The third-order valence-electron chi connectivity index (χ3n) is 2.44. The number of pyridine rings is 1. The van der Waals surface area contributed by atoms with Crippen molar-refractivity contribution >= 4 is 11.5 Å². The van der Waals surface area contributed by atoms with Crippen molar-refractivity contribution in [2.24, 2.45) is 0 Å². The maximum absolute atomic E-state index is 10.4. The third kappa shape index (κ3) is 1.66. The monoisotopic (exact) mass is 194 g/mol. The lowest BCUT2D eigenvalue weighted by atomic mass is 10.4. The Labute approximate surface area is 81.5 Å². The quantitative estimate of drug-likeness (QED) is 0.521. The number of H-pyrrole nitrogens is 1. The Bertz CT molecular complexity index is 330. The fourth-order valence-corrected chi connectivity index (χ4v) is 1.68. The van der Waals surface area contributed by atoms with Crippen LogP contribution in [-0.4, -0.2) is 18.0 Å². The minimum Gasteiger partial charge on any atom is -0.262 e. The summed E-state index contributed by atoms with van der Waals surface area (Å²) in [5.41, 5.74) is 0.105. The average Bonchev–Trinajstić information content (AvgIpc) is 2.71. The highest BCUT2D eigenvalue weighted by Crippen LogP contribution is 2.16. The number of aromatic nitrogens is 1. The molecular weight excluding hydrogens is 182 g/mol. The van der Waals surface area contributed by atoms with Crippen LogP contribution in [-0.2, 0) is 0 Å². The molecule has 0 aliphatic carbocycles. The van der Waals surface area contributed by atoms with Crippen molar-refractivity contribution in [1.29, 1.82) is 0 Å². The van der Waals surface area contributed by atoms with Gasteiger partial charge in [0.15, 0.2) is 6.20 Å². The van der Waals surface area contributed by atoms with Crippen molar-refractivity contribution in [3.63, 3.8) is 0 Å². The van der Waals surface area contributed by atoms with Crippen LogP contribution in [0.25, 0.3) is 0 Å². The number of nitrogens with one attached hydrogen (secondary N) is 1. The fraction of sp³-hybridized carbons (Fsp3) is 0.444. The van der Waals surface area contributed by atoms with Gasteiger partial charge in [0.2, 0.25) is 0 Å². The summed E-state index contributed by atoms with van der Waals surface area (Å²) in [4.78, 5) is 15.1. The van der Waals surface area contributed by atoms with Gasteiger partial charge in [-0.05, 0) is 12.8 Å². The molecule has 74 valence electrons. The molecular formula is C9H12N3O2+. The summed E-state index contributed by atoms with van der Waals surface area (Å²) < 4.78 is 0. The van der Waals surface area contributed by atoms with Gasteiger partial charge >= 0.3 is 5.69 Å². The Balaban J connectivity index is 2.16. The van der Waals surface area contributed by atoms with Crippen molar-refractivity contribution in [3.05, 3.63) is 28.4 Å². The molecule has 1 aromatic rings. The molecule has 0 bridgehead atoms. The standard InChI is InChI=1S/C9H11N3O2/c13-12(14)8-3-4-9(10-7-8)11-5-1-2-6-11/h3-4,7H,1-2,5-6H2/p+1. The first-order valence-electron chi connectivity index (χ1n) is 4.68. The number of nitrogens with zero attached hydrogens (tertiary/aromatic N) is 2. The maximum atomic E-state index is 10.4. The smallest absolute Gasteiger partial charge is 0.262 e. The van der Waals surface area contributed by atoms with Gasteiger partial charge in [0.1, 0.15) is 0 Å². The van der Waals surface area contributed by atoms with Crippen LogP contribution < -0.4 is 9.88 Å². The summed E-state index contributed by atoms with van der Waals surface area (Å²) in [5, 5.41) is 10.4. The molecule has 0 atom stereocenters. The minimum atomic E-state index is -0.399. The van der Waals surface area contributed by atoms with Crippen molar-refractivity contribution in [2.45, 2.75) is 12.8 Å². The first kappa shape index (κ1) is 8.93. The second-order valence-corrected chi connectivity index (χ2v) is 3.38. The lowest BCUT2D eigenvalue weighted by Crippen LogP contribution is -2.25. The van der Waals surface area contributed by atoms with Crippen LogP contribution in [0.2, 0.25) is 0 Å². The van der Waals surface area contributed by atoms with Crippen LogP contribution in [0.1, 0.15) is 12.8 Å². The van der Waals surface area contributed by atoms with Crippen LogP contribution in [0.5, 0.6) is 0 Å². The summed E-state index contributed by atoms with van der Waals surface area (Å²) in [6.07, 6.45) is 3.84. The van der Waals surface area contributed by atoms with Gasteiger partial charge in [-0.3, -0.25) is 15.0 Å². The van der Waals surface area contributed by atoms with Gasteiger partial charge in [-0.25, -0.2) is 4.98 Å². The second kappa shape index (κ2) is 3.61. The highest BCUT2D eigenvalue weighted by molar-refractivity contribution is 5.37. The van der Waals surface area contributed by atoms with E-state index in [0.29, 0.717) is 0 Å². The largest absolute Gasteiger partial charge is 0.308 e. The molecule has 1 aromatic heterocycles. The molecule has 0 spiro atoms. The Hall–Kier alpha value is -1.65. The van der Waals surface area contributed by atoms with E-state index < -0.39 is 4.92 Å². The second-order valence-electron chi connectivity index (χ2n) is 3.38. The van der Waals surface area contributed by atoms with Crippen LogP contribution in [0.15, 0.2) is 18.3 Å². The zero-order chi connectivity index (χ0) is 9.97. The number of rotatable bonds is 2. The molecule has 0 aromatic carbocycles. The van der Waals surface area contributed by atoms with Crippen LogP contribution in [0.4, 0.5) is 11.5 Å². The van der Waals surface area contributed by atoms with Gasteiger partial charge in [-0.2, -0.15) is 0 Å². The molecule has 1 fully saturated rings. The van der Waals surface area contributed by atoms with Gasteiger partial charge in [-0.15, -0.1) is 0 Å². The predicted molar refractivity (Wildman–Crippen MR) is 51.1 cm³/mol. The zero-order valence-corrected chi connectivity index (χ0v) is 7.77. The maximum Gasteiger partial charge on any atom is 0.308 e. The molecule has 1 aliphatic heterocycles.